The molecule has 1 N–H and O–H groups in total. The van der Waals surface area contributed by atoms with Crippen LogP contribution in [0.5, 0.6) is 0 Å². The first kappa shape index (κ1) is 12.9. The Labute approximate surface area is 104 Å². The van der Waals surface area contributed by atoms with Crippen molar-refractivity contribution in [2.75, 3.05) is 19.7 Å². The predicted molar refractivity (Wildman–Crippen MR) is 67.6 cm³/mol. The minimum atomic E-state index is 0.00190. The molecule has 3 nitrogen and oxygen atoms in total. The molecule has 0 aromatic heterocycles. The maximum atomic E-state index is 12.1. The molecule has 0 aromatic rings. The minimum absolute atomic E-state index is 0.00190. The smallest absolute Gasteiger partial charge is 0.310 e. The molecule has 0 bridgehead atoms. The molecule has 3 atom stereocenters. The van der Waals surface area contributed by atoms with Crippen LogP contribution in [-0.2, 0) is 9.53 Å². The normalized spacial score (nSPS) is 39.8. The Kier molecular flexibility index (Phi) is 3.23. The summed E-state index contributed by atoms with van der Waals surface area (Å²) < 4.78 is 5.25. The molecule has 1 aliphatic carbocycles. The van der Waals surface area contributed by atoms with E-state index in [1.54, 1.807) is 0 Å². The average Bonchev–Trinajstić information content (AvgIpc) is 2.70. The van der Waals surface area contributed by atoms with Crippen molar-refractivity contribution in [1.29, 1.82) is 0 Å². The molecule has 98 valence electrons. The second-order valence-electron chi connectivity index (χ2n) is 6.61. The molecule has 1 heterocycles. The molecule has 3 heteroatoms. The summed E-state index contributed by atoms with van der Waals surface area (Å²) in [5.74, 6) is 0.656. The molecule has 1 aliphatic heterocycles. The second-order valence-corrected chi connectivity index (χ2v) is 6.61. The monoisotopic (exact) mass is 239 g/mol. The fourth-order valence-electron chi connectivity index (χ4n) is 4.21. The van der Waals surface area contributed by atoms with E-state index in [0.29, 0.717) is 17.9 Å². The molecule has 1 spiro atoms. The lowest BCUT2D eigenvalue weighted by Crippen LogP contribution is -2.38. The summed E-state index contributed by atoms with van der Waals surface area (Å²) in [7, 11) is 0. The standard InChI is InChI=1S/C14H25NO2/c1-5-17-12(16)11-7-15-9-14(11)8-13(3,4)6-10(14)2/h10-11,15H,5-9H2,1-4H3. The average molecular weight is 239 g/mol. The van der Waals surface area contributed by atoms with Gasteiger partial charge in [0.25, 0.3) is 0 Å². The lowest BCUT2D eigenvalue weighted by molar-refractivity contribution is -0.152. The summed E-state index contributed by atoms with van der Waals surface area (Å²) in [6, 6.07) is 0. The van der Waals surface area contributed by atoms with Gasteiger partial charge in [-0.25, -0.2) is 0 Å². The predicted octanol–water partition coefficient (Wildman–Crippen LogP) is 2.21. The van der Waals surface area contributed by atoms with Crippen LogP contribution < -0.4 is 5.32 Å². The molecule has 1 saturated carbocycles. The number of esters is 1. The van der Waals surface area contributed by atoms with E-state index in [4.69, 9.17) is 4.74 Å². The second kappa shape index (κ2) is 4.27. The van der Waals surface area contributed by atoms with E-state index in [2.05, 4.69) is 26.1 Å². The highest BCUT2D eigenvalue weighted by Gasteiger charge is 2.57. The van der Waals surface area contributed by atoms with Crippen LogP contribution in [0.4, 0.5) is 0 Å². The van der Waals surface area contributed by atoms with Gasteiger partial charge in [-0.1, -0.05) is 20.8 Å². The Morgan fingerprint density at radius 2 is 2.18 bits per heavy atom. The summed E-state index contributed by atoms with van der Waals surface area (Å²) in [5, 5.41) is 3.41. The molecule has 2 fully saturated rings. The first-order valence-corrected chi connectivity index (χ1v) is 6.79. The van der Waals surface area contributed by atoms with Crippen molar-refractivity contribution in [3.05, 3.63) is 0 Å². The topological polar surface area (TPSA) is 38.3 Å². The molecule has 1 saturated heterocycles. The maximum absolute atomic E-state index is 12.1. The summed E-state index contributed by atoms with van der Waals surface area (Å²) in [6.07, 6.45) is 2.35. The van der Waals surface area contributed by atoms with Gasteiger partial charge in [0, 0.05) is 18.5 Å². The Morgan fingerprint density at radius 1 is 1.47 bits per heavy atom. The highest BCUT2D eigenvalue weighted by molar-refractivity contribution is 5.74. The van der Waals surface area contributed by atoms with Crippen molar-refractivity contribution < 1.29 is 9.53 Å². The van der Waals surface area contributed by atoms with Gasteiger partial charge < -0.3 is 10.1 Å². The fraction of sp³-hybridized carbons (Fsp3) is 0.929. The van der Waals surface area contributed by atoms with Crippen LogP contribution in [0.25, 0.3) is 0 Å². The lowest BCUT2D eigenvalue weighted by Gasteiger charge is -2.34. The molecular formula is C14H25NO2. The zero-order valence-corrected chi connectivity index (χ0v) is 11.5. The van der Waals surface area contributed by atoms with Gasteiger partial charge in [-0.3, -0.25) is 4.79 Å². The van der Waals surface area contributed by atoms with Crippen LogP contribution in [0.2, 0.25) is 0 Å². The van der Waals surface area contributed by atoms with Crippen LogP contribution in [-0.4, -0.2) is 25.7 Å². The van der Waals surface area contributed by atoms with Gasteiger partial charge in [0.05, 0.1) is 12.5 Å². The fourth-order valence-corrected chi connectivity index (χ4v) is 4.21. The highest BCUT2D eigenvalue weighted by atomic mass is 16.5. The Hall–Kier alpha value is -0.570. The van der Waals surface area contributed by atoms with Gasteiger partial charge in [0.2, 0.25) is 0 Å². The van der Waals surface area contributed by atoms with Crippen LogP contribution in [0.3, 0.4) is 0 Å². The first-order valence-electron chi connectivity index (χ1n) is 6.79. The Balaban J connectivity index is 2.21. The van der Waals surface area contributed by atoms with Gasteiger partial charge in [0.1, 0.15) is 0 Å². The number of nitrogens with one attached hydrogen (secondary N) is 1. The summed E-state index contributed by atoms with van der Waals surface area (Å²) in [6.45, 7) is 11.1. The Morgan fingerprint density at radius 3 is 2.71 bits per heavy atom. The van der Waals surface area contributed by atoms with Gasteiger partial charge in [-0.2, -0.15) is 0 Å². The van der Waals surface area contributed by atoms with Gasteiger partial charge >= 0.3 is 5.97 Å². The third kappa shape index (κ3) is 2.10. The number of hydrogen-bond acceptors (Lipinski definition) is 3. The number of hydrogen-bond donors (Lipinski definition) is 1. The zero-order chi connectivity index (χ0) is 12.7. The van der Waals surface area contributed by atoms with Gasteiger partial charge in [-0.15, -0.1) is 0 Å². The van der Waals surface area contributed by atoms with E-state index in [1.165, 1.54) is 6.42 Å². The molecular weight excluding hydrogens is 214 g/mol. The lowest BCUT2D eigenvalue weighted by atomic mass is 9.70. The summed E-state index contributed by atoms with van der Waals surface area (Å²) >= 11 is 0. The van der Waals surface area contributed by atoms with Crippen molar-refractivity contribution >= 4 is 5.97 Å². The van der Waals surface area contributed by atoms with E-state index in [0.717, 1.165) is 19.5 Å². The van der Waals surface area contributed by atoms with Crippen LogP contribution in [0, 0.1) is 22.7 Å². The maximum Gasteiger partial charge on any atom is 0.310 e. The molecule has 2 rings (SSSR count). The molecule has 2 aliphatic rings. The number of ether oxygens (including phenoxy) is 1. The number of carbonyl (C=O) groups is 1. The zero-order valence-electron chi connectivity index (χ0n) is 11.5. The van der Waals surface area contributed by atoms with E-state index in [1.807, 2.05) is 6.92 Å². The number of rotatable bonds is 2. The van der Waals surface area contributed by atoms with E-state index in [-0.39, 0.29) is 17.3 Å². The first-order chi connectivity index (χ1) is 7.91. The highest BCUT2D eigenvalue weighted by Crippen LogP contribution is 2.57. The molecule has 0 aromatic carbocycles. The van der Waals surface area contributed by atoms with E-state index < -0.39 is 0 Å². The number of carbonyl (C=O) groups excluding carboxylic acids is 1. The quantitative estimate of drug-likeness (QED) is 0.751. The molecule has 0 radical (unpaired) electrons. The van der Waals surface area contributed by atoms with Crippen molar-refractivity contribution in [3.63, 3.8) is 0 Å². The van der Waals surface area contributed by atoms with Crippen LogP contribution in [0.15, 0.2) is 0 Å². The van der Waals surface area contributed by atoms with E-state index in [9.17, 15) is 4.79 Å². The van der Waals surface area contributed by atoms with Crippen molar-refractivity contribution in [3.8, 4) is 0 Å². The van der Waals surface area contributed by atoms with Gasteiger partial charge in [0.15, 0.2) is 0 Å². The van der Waals surface area contributed by atoms with Crippen LogP contribution >= 0.6 is 0 Å². The van der Waals surface area contributed by atoms with Crippen molar-refractivity contribution in [2.45, 2.75) is 40.5 Å². The molecule has 0 amide bonds. The van der Waals surface area contributed by atoms with Gasteiger partial charge in [-0.05, 0) is 31.1 Å². The third-order valence-electron chi connectivity index (χ3n) is 4.72. The largest absolute Gasteiger partial charge is 0.466 e. The SMILES string of the molecule is CCOC(=O)C1CNCC12CC(C)(C)CC2C. The molecule has 3 unspecified atom stereocenters. The summed E-state index contributed by atoms with van der Waals surface area (Å²) in [5.41, 5.74) is 0.492. The Bertz CT molecular complexity index is 313. The summed E-state index contributed by atoms with van der Waals surface area (Å²) in [4.78, 5) is 12.1. The minimum Gasteiger partial charge on any atom is -0.466 e. The van der Waals surface area contributed by atoms with Crippen molar-refractivity contribution in [2.24, 2.45) is 22.7 Å². The molecule has 17 heavy (non-hydrogen) atoms. The third-order valence-corrected chi connectivity index (χ3v) is 4.72. The van der Waals surface area contributed by atoms with Crippen molar-refractivity contribution in [1.82, 2.24) is 5.32 Å². The van der Waals surface area contributed by atoms with E-state index >= 15 is 0 Å². The van der Waals surface area contributed by atoms with Crippen LogP contribution in [0.1, 0.15) is 40.5 Å².